The number of non-ortho nitro benzene ring substituents is 1. The zero-order chi connectivity index (χ0) is 19.4. The minimum Gasteiger partial charge on any atom is -0.325 e. The first-order valence-corrected chi connectivity index (χ1v) is 9.07. The average molecular weight is 389 g/mol. The molecule has 27 heavy (non-hydrogen) atoms. The van der Waals surface area contributed by atoms with Gasteiger partial charge in [-0.25, -0.2) is 0 Å². The molecular formula is C19H21ClN4O3. The molecule has 8 heteroatoms. The molecule has 1 atom stereocenters. The van der Waals surface area contributed by atoms with E-state index in [0.717, 1.165) is 18.7 Å². The SMILES string of the molecule is Cc1cc([N+](=O)[O-])ccc1NC(=O)CN1CCNCC1c1ccccc1Cl. The lowest BCUT2D eigenvalue weighted by atomic mass is 10.0. The number of benzene rings is 2. The molecule has 1 aliphatic heterocycles. The minimum absolute atomic E-state index is 0.00591. The van der Waals surface area contributed by atoms with E-state index in [2.05, 4.69) is 15.5 Å². The van der Waals surface area contributed by atoms with Gasteiger partial charge in [0.25, 0.3) is 5.69 Å². The molecule has 0 aliphatic carbocycles. The first kappa shape index (κ1) is 19.3. The second-order valence-corrected chi connectivity index (χ2v) is 6.92. The molecule has 1 unspecified atom stereocenters. The van der Waals surface area contributed by atoms with E-state index in [0.29, 0.717) is 22.8 Å². The third-order valence-electron chi connectivity index (χ3n) is 4.66. The smallest absolute Gasteiger partial charge is 0.269 e. The summed E-state index contributed by atoms with van der Waals surface area (Å²) in [6.07, 6.45) is 0. The number of nitro benzene ring substituents is 1. The number of nitro groups is 1. The van der Waals surface area contributed by atoms with E-state index in [9.17, 15) is 14.9 Å². The number of aryl methyl sites for hydroxylation is 1. The van der Waals surface area contributed by atoms with Crippen molar-refractivity contribution in [3.05, 3.63) is 68.7 Å². The van der Waals surface area contributed by atoms with Crippen molar-refractivity contribution < 1.29 is 9.72 Å². The second kappa shape index (κ2) is 8.47. The van der Waals surface area contributed by atoms with Crippen molar-refractivity contribution in [2.24, 2.45) is 0 Å². The van der Waals surface area contributed by atoms with Crippen molar-refractivity contribution >= 4 is 28.9 Å². The molecule has 0 bridgehead atoms. The molecule has 2 aromatic rings. The number of hydrogen-bond acceptors (Lipinski definition) is 5. The van der Waals surface area contributed by atoms with Gasteiger partial charge in [0.2, 0.25) is 5.91 Å². The van der Waals surface area contributed by atoms with Crippen LogP contribution in [0, 0.1) is 17.0 Å². The number of anilines is 1. The summed E-state index contributed by atoms with van der Waals surface area (Å²) >= 11 is 6.34. The van der Waals surface area contributed by atoms with Gasteiger partial charge in [0.15, 0.2) is 0 Å². The van der Waals surface area contributed by atoms with E-state index in [-0.39, 0.29) is 24.2 Å². The Hall–Kier alpha value is -2.48. The summed E-state index contributed by atoms with van der Waals surface area (Å²) in [5, 5.41) is 17.7. The van der Waals surface area contributed by atoms with Gasteiger partial charge in [-0.05, 0) is 30.2 Å². The molecule has 1 fully saturated rings. The van der Waals surface area contributed by atoms with E-state index >= 15 is 0 Å². The molecule has 0 saturated carbocycles. The van der Waals surface area contributed by atoms with Crippen molar-refractivity contribution in [3.8, 4) is 0 Å². The highest BCUT2D eigenvalue weighted by Gasteiger charge is 2.27. The van der Waals surface area contributed by atoms with Gasteiger partial charge in [-0.3, -0.25) is 19.8 Å². The summed E-state index contributed by atoms with van der Waals surface area (Å²) in [6.45, 7) is 4.19. The molecule has 1 heterocycles. The van der Waals surface area contributed by atoms with Gasteiger partial charge >= 0.3 is 0 Å². The normalized spacial score (nSPS) is 17.5. The van der Waals surface area contributed by atoms with Crippen LogP contribution in [0.3, 0.4) is 0 Å². The van der Waals surface area contributed by atoms with Crippen LogP contribution in [0.15, 0.2) is 42.5 Å². The number of carbonyl (C=O) groups excluding carboxylic acids is 1. The highest BCUT2D eigenvalue weighted by atomic mass is 35.5. The maximum Gasteiger partial charge on any atom is 0.269 e. The molecule has 0 radical (unpaired) electrons. The lowest BCUT2D eigenvalue weighted by Gasteiger charge is -2.36. The summed E-state index contributed by atoms with van der Waals surface area (Å²) in [5.41, 5.74) is 2.23. The van der Waals surface area contributed by atoms with Crippen LogP contribution in [0.5, 0.6) is 0 Å². The zero-order valence-corrected chi connectivity index (χ0v) is 15.7. The Morgan fingerprint density at radius 2 is 2.15 bits per heavy atom. The Kier molecular flexibility index (Phi) is 6.05. The predicted molar refractivity (Wildman–Crippen MR) is 105 cm³/mol. The molecular weight excluding hydrogens is 368 g/mol. The summed E-state index contributed by atoms with van der Waals surface area (Å²) in [6, 6.07) is 12.1. The fourth-order valence-electron chi connectivity index (χ4n) is 3.26. The first-order chi connectivity index (χ1) is 13.0. The highest BCUT2D eigenvalue weighted by Crippen LogP contribution is 2.28. The van der Waals surface area contributed by atoms with E-state index in [1.165, 1.54) is 12.1 Å². The predicted octanol–water partition coefficient (Wildman–Crippen LogP) is 3.14. The van der Waals surface area contributed by atoms with Crippen LogP contribution in [0.25, 0.3) is 0 Å². The van der Waals surface area contributed by atoms with Crippen molar-refractivity contribution in [3.63, 3.8) is 0 Å². The maximum absolute atomic E-state index is 12.6. The van der Waals surface area contributed by atoms with Crippen LogP contribution in [-0.2, 0) is 4.79 Å². The van der Waals surface area contributed by atoms with Crippen LogP contribution >= 0.6 is 11.6 Å². The number of halogens is 1. The van der Waals surface area contributed by atoms with Gasteiger partial charge < -0.3 is 10.6 Å². The van der Waals surface area contributed by atoms with Crippen molar-refractivity contribution in [1.82, 2.24) is 10.2 Å². The first-order valence-electron chi connectivity index (χ1n) is 8.70. The number of piperazine rings is 1. The maximum atomic E-state index is 12.6. The van der Waals surface area contributed by atoms with E-state index in [1.807, 2.05) is 24.3 Å². The van der Waals surface area contributed by atoms with E-state index in [1.54, 1.807) is 13.0 Å². The van der Waals surface area contributed by atoms with Crippen LogP contribution in [0.1, 0.15) is 17.2 Å². The largest absolute Gasteiger partial charge is 0.325 e. The quantitative estimate of drug-likeness (QED) is 0.607. The number of rotatable bonds is 5. The monoisotopic (exact) mass is 388 g/mol. The summed E-state index contributed by atoms with van der Waals surface area (Å²) in [4.78, 5) is 25.1. The fourth-order valence-corrected chi connectivity index (χ4v) is 3.53. The highest BCUT2D eigenvalue weighted by molar-refractivity contribution is 6.31. The Morgan fingerprint density at radius 1 is 1.37 bits per heavy atom. The van der Waals surface area contributed by atoms with Crippen molar-refractivity contribution in [1.29, 1.82) is 0 Å². The average Bonchev–Trinajstić information content (AvgIpc) is 2.64. The Morgan fingerprint density at radius 3 is 2.85 bits per heavy atom. The molecule has 1 saturated heterocycles. The molecule has 2 N–H and O–H groups in total. The number of amides is 1. The number of nitrogens with one attached hydrogen (secondary N) is 2. The van der Waals surface area contributed by atoms with Crippen molar-refractivity contribution in [2.45, 2.75) is 13.0 Å². The molecule has 142 valence electrons. The van der Waals surface area contributed by atoms with E-state index in [4.69, 9.17) is 11.6 Å². The summed E-state index contributed by atoms with van der Waals surface area (Å²) < 4.78 is 0. The van der Waals surface area contributed by atoms with Gasteiger partial charge in [0, 0.05) is 48.5 Å². The molecule has 1 aliphatic rings. The fraction of sp³-hybridized carbons (Fsp3) is 0.316. The Labute approximate surface area is 162 Å². The van der Waals surface area contributed by atoms with Gasteiger partial charge in [-0.15, -0.1) is 0 Å². The topological polar surface area (TPSA) is 87.5 Å². The number of nitrogens with zero attached hydrogens (tertiary/aromatic N) is 2. The van der Waals surface area contributed by atoms with Crippen LogP contribution in [0.2, 0.25) is 5.02 Å². The lowest BCUT2D eigenvalue weighted by Crippen LogP contribution is -2.48. The van der Waals surface area contributed by atoms with Gasteiger partial charge in [-0.1, -0.05) is 29.8 Å². The standard InChI is InChI=1S/C19H21ClN4O3/c1-13-10-14(24(26)27)6-7-17(13)22-19(25)12-23-9-8-21-11-18(23)15-4-2-3-5-16(15)20/h2-7,10,18,21H,8-9,11-12H2,1H3,(H,22,25). The summed E-state index contributed by atoms with van der Waals surface area (Å²) in [7, 11) is 0. The molecule has 7 nitrogen and oxygen atoms in total. The van der Waals surface area contributed by atoms with Gasteiger partial charge in [-0.2, -0.15) is 0 Å². The molecule has 1 amide bonds. The third-order valence-corrected chi connectivity index (χ3v) is 5.00. The molecule has 3 rings (SSSR count). The Balaban J connectivity index is 1.70. The Bertz CT molecular complexity index is 859. The minimum atomic E-state index is -0.451. The van der Waals surface area contributed by atoms with E-state index < -0.39 is 4.92 Å². The van der Waals surface area contributed by atoms with Crippen LogP contribution in [-0.4, -0.2) is 41.9 Å². The number of hydrogen-bond donors (Lipinski definition) is 2. The number of carbonyl (C=O) groups is 1. The van der Waals surface area contributed by atoms with Crippen molar-refractivity contribution in [2.75, 3.05) is 31.5 Å². The lowest BCUT2D eigenvalue weighted by molar-refractivity contribution is -0.384. The van der Waals surface area contributed by atoms with Crippen LogP contribution < -0.4 is 10.6 Å². The molecule has 0 spiro atoms. The third kappa shape index (κ3) is 4.63. The van der Waals surface area contributed by atoms with Crippen LogP contribution in [0.4, 0.5) is 11.4 Å². The summed E-state index contributed by atoms with van der Waals surface area (Å²) in [5.74, 6) is -0.161. The van der Waals surface area contributed by atoms with Gasteiger partial charge in [0.05, 0.1) is 11.5 Å². The second-order valence-electron chi connectivity index (χ2n) is 6.52. The molecule has 0 aromatic heterocycles. The zero-order valence-electron chi connectivity index (χ0n) is 14.9. The molecule has 2 aromatic carbocycles. The van der Waals surface area contributed by atoms with Gasteiger partial charge in [0.1, 0.15) is 0 Å².